The molecule has 0 saturated carbocycles. The molecule has 0 fully saturated rings. The minimum Gasteiger partial charge on any atom is -0.347 e. The number of aromatic nitrogens is 4. The zero-order chi connectivity index (χ0) is 9.54. The first kappa shape index (κ1) is 7.25. The molecule has 0 spiro atoms. The highest BCUT2D eigenvalue weighted by Crippen LogP contribution is 2.18. The van der Waals surface area contributed by atoms with Crippen molar-refractivity contribution < 1.29 is 0 Å². The Bertz CT molecular complexity index is 667. The first-order chi connectivity index (χ1) is 6.86. The zero-order valence-electron chi connectivity index (χ0n) is 7.11. The Balaban J connectivity index is 2.70. The molecule has 3 aromatic rings. The van der Waals surface area contributed by atoms with Crippen molar-refractivity contribution in [3.63, 3.8) is 0 Å². The summed E-state index contributed by atoms with van der Waals surface area (Å²) in [5, 5.41) is 0.918. The fraction of sp³-hybridized carbons (Fsp3) is 0. The van der Waals surface area contributed by atoms with E-state index in [4.69, 9.17) is 0 Å². The largest absolute Gasteiger partial charge is 0.347 e. The second-order valence-electron chi connectivity index (χ2n) is 3.00. The van der Waals surface area contributed by atoms with Gasteiger partial charge in [0.1, 0.15) is 11.0 Å². The van der Waals surface area contributed by atoms with E-state index in [1.165, 1.54) is 6.33 Å². The summed E-state index contributed by atoms with van der Waals surface area (Å²) in [6, 6.07) is 1.83. The molecular weight excluding hydrogens is 180 g/mol. The summed E-state index contributed by atoms with van der Waals surface area (Å²) in [6.07, 6.45) is 4.76. The monoisotopic (exact) mass is 186 g/mol. The molecular formula is C9H6N4O. The number of aromatic amines is 2. The molecule has 0 aliphatic rings. The molecule has 0 bridgehead atoms. The molecule has 14 heavy (non-hydrogen) atoms. The Labute approximate surface area is 77.8 Å². The highest BCUT2D eigenvalue weighted by atomic mass is 16.1. The van der Waals surface area contributed by atoms with Crippen molar-refractivity contribution in [2.24, 2.45) is 0 Å². The smallest absolute Gasteiger partial charge is 0.275 e. The van der Waals surface area contributed by atoms with Crippen molar-refractivity contribution in [2.75, 3.05) is 0 Å². The van der Waals surface area contributed by atoms with Crippen LogP contribution in [0, 0.1) is 0 Å². The third-order valence-corrected chi connectivity index (χ3v) is 2.19. The van der Waals surface area contributed by atoms with Gasteiger partial charge in [-0.1, -0.05) is 0 Å². The SMILES string of the molecule is O=c1[nH]cnc2c1[nH]c1cnccc12. The molecule has 0 radical (unpaired) electrons. The Hall–Kier alpha value is -2.17. The third kappa shape index (κ3) is 0.806. The van der Waals surface area contributed by atoms with E-state index in [9.17, 15) is 4.79 Å². The standard InChI is InChI=1S/C9H6N4O/c14-9-8-7(11-4-12-9)5-1-2-10-3-6(5)13-8/h1-4,13H,(H,11,12,14). The maximum Gasteiger partial charge on any atom is 0.275 e. The van der Waals surface area contributed by atoms with Crippen LogP contribution in [0.4, 0.5) is 0 Å². The molecule has 5 heteroatoms. The number of H-pyrrole nitrogens is 2. The van der Waals surface area contributed by atoms with Crippen LogP contribution in [0.5, 0.6) is 0 Å². The van der Waals surface area contributed by atoms with Gasteiger partial charge >= 0.3 is 0 Å². The molecule has 3 aromatic heterocycles. The van der Waals surface area contributed by atoms with Gasteiger partial charge in [0.15, 0.2) is 0 Å². The van der Waals surface area contributed by atoms with Crippen LogP contribution in [-0.4, -0.2) is 19.9 Å². The van der Waals surface area contributed by atoms with Crippen molar-refractivity contribution in [1.29, 1.82) is 0 Å². The number of pyridine rings is 1. The summed E-state index contributed by atoms with van der Waals surface area (Å²) in [5.41, 5.74) is 1.85. The normalized spacial score (nSPS) is 11.1. The third-order valence-electron chi connectivity index (χ3n) is 2.19. The first-order valence-corrected chi connectivity index (χ1v) is 4.15. The van der Waals surface area contributed by atoms with Gasteiger partial charge in [-0.15, -0.1) is 0 Å². The highest BCUT2D eigenvalue weighted by molar-refractivity contribution is 6.03. The van der Waals surface area contributed by atoms with Crippen LogP contribution < -0.4 is 5.56 Å². The fourth-order valence-corrected chi connectivity index (χ4v) is 1.56. The predicted octanol–water partition coefficient (Wildman–Crippen LogP) is 0.799. The summed E-state index contributed by atoms with van der Waals surface area (Å²) in [7, 11) is 0. The van der Waals surface area contributed by atoms with E-state index in [2.05, 4.69) is 19.9 Å². The van der Waals surface area contributed by atoms with Crippen LogP contribution in [0.3, 0.4) is 0 Å². The molecule has 3 rings (SSSR count). The molecule has 0 unspecified atom stereocenters. The lowest BCUT2D eigenvalue weighted by molar-refractivity contribution is 1.17. The summed E-state index contributed by atoms with van der Waals surface area (Å²) in [6.45, 7) is 0. The van der Waals surface area contributed by atoms with E-state index in [1.54, 1.807) is 12.4 Å². The van der Waals surface area contributed by atoms with Crippen LogP contribution in [-0.2, 0) is 0 Å². The van der Waals surface area contributed by atoms with Crippen LogP contribution in [0.2, 0.25) is 0 Å². The van der Waals surface area contributed by atoms with Gasteiger partial charge in [0.25, 0.3) is 5.56 Å². The minimum atomic E-state index is -0.161. The van der Waals surface area contributed by atoms with Crippen molar-refractivity contribution in [1.82, 2.24) is 19.9 Å². The van der Waals surface area contributed by atoms with E-state index < -0.39 is 0 Å². The first-order valence-electron chi connectivity index (χ1n) is 4.15. The number of hydrogen-bond donors (Lipinski definition) is 2. The average molecular weight is 186 g/mol. The van der Waals surface area contributed by atoms with Crippen molar-refractivity contribution >= 4 is 21.9 Å². The van der Waals surface area contributed by atoms with Gasteiger partial charge in [-0.05, 0) is 6.07 Å². The molecule has 2 N–H and O–H groups in total. The lowest BCUT2D eigenvalue weighted by Crippen LogP contribution is -2.05. The molecule has 0 saturated heterocycles. The van der Waals surface area contributed by atoms with Gasteiger partial charge in [0, 0.05) is 11.6 Å². The predicted molar refractivity (Wildman–Crippen MR) is 52.0 cm³/mol. The van der Waals surface area contributed by atoms with Crippen LogP contribution in [0.1, 0.15) is 0 Å². The fourth-order valence-electron chi connectivity index (χ4n) is 1.56. The highest BCUT2D eigenvalue weighted by Gasteiger charge is 2.06. The van der Waals surface area contributed by atoms with Gasteiger partial charge in [0.2, 0.25) is 0 Å². The number of nitrogens with one attached hydrogen (secondary N) is 2. The summed E-state index contributed by atoms with van der Waals surface area (Å²) in [5.74, 6) is 0. The summed E-state index contributed by atoms with van der Waals surface area (Å²) < 4.78 is 0. The van der Waals surface area contributed by atoms with Gasteiger partial charge in [-0.25, -0.2) is 4.98 Å². The number of hydrogen-bond acceptors (Lipinski definition) is 3. The zero-order valence-corrected chi connectivity index (χ0v) is 7.11. The Morgan fingerprint density at radius 3 is 3.21 bits per heavy atom. The molecule has 5 nitrogen and oxygen atoms in total. The Morgan fingerprint density at radius 2 is 2.29 bits per heavy atom. The lowest BCUT2D eigenvalue weighted by Gasteiger charge is -1.86. The van der Waals surface area contributed by atoms with E-state index in [-0.39, 0.29) is 5.56 Å². The molecule has 0 aliphatic carbocycles. The van der Waals surface area contributed by atoms with Gasteiger partial charge in [-0.3, -0.25) is 9.78 Å². The quantitative estimate of drug-likeness (QED) is 0.545. The molecule has 3 heterocycles. The summed E-state index contributed by atoms with van der Waals surface area (Å²) >= 11 is 0. The number of fused-ring (bicyclic) bond motifs is 3. The maximum absolute atomic E-state index is 11.4. The second kappa shape index (κ2) is 2.41. The van der Waals surface area contributed by atoms with E-state index in [1.807, 2.05) is 6.07 Å². The molecule has 0 aromatic carbocycles. The van der Waals surface area contributed by atoms with Gasteiger partial charge in [0.05, 0.1) is 18.0 Å². The van der Waals surface area contributed by atoms with Crippen LogP contribution in [0.25, 0.3) is 21.9 Å². The molecule has 0 aliphatic heterocycles. The van der Waals surface area contributed by atoms with E-state index in [0.29, 0.717) is 11.0 Å². The Morgan fingerprint density at radius 1 is 1.36 bits per heavy atom. The van der Waals surface area contributed by atoms with Crippen LogP contribution in [0.15, 0.2) is 29.6 Å². The summed E-state index contributed by atoms with van der Waals surface area (Å²) in [4.78, 5) is 25.0. The molecule has 0 amide bonds. The average Bonchev–Trinajstić information content (AvgIpc) is 2.59. The van der Waals surface area contributed by atoms with E-state index in [0.717, 1.165) is 10.9 Å². The Kier molecular flexibility index (Phi) is 1.25. The van der Waals surface area contributed by atoms with Gasteiger partial charge < -0.3 is 9.97 Å². The minimum absolute atomic E-state index is 0.161. The van der Waals surface area contributed by atoms with Crippen LogP contribution >= 0.6 is 0 Å². The van der Waals surface area contributed by atoms with E-state index >= 15 is 0 Å². The van der Waals surface area contributed by atoms with Crippen molar-refractivity contribution in [2.45, 2.75) is 0 Å². The van der Waals surface area contributed by atoms with Crippen molar-refractivity contribution in [3.8, 4) is 0 Å². The van der Waals surface area contributed by atoms with Gasteiger partial charge in [-0.2, -0.15) is 0 Å². The second-order valence-corrected chi connectivity index (χ2v) is 3.00. The number of rotatable bonds is 0. The van der Waals surface area contributed by atoms with Crippen molar-refractivity contribution in [3.05, 3.63) is 35.1 Å². The lowest BCUT2D eigenvalue weighted by atomic mass is 10.3. The number of nitrogens with zero attached hydrogens (tertiary/aromatic N) is 2. The maximum atomic E-state index is 11.4. The molecule has 0 atom stereocenters. The topological polar surface area (TPSA) is 74.4 Å². The molecule has 68 valence electrons.